The number of nitrogens with zero attached hydrogens (tertiary/aromatic N) is 3. The normalized spacial score (nSPS) is 15.0. The van der Waals surface area contributed by atoms with Gasteiger partial charge in [0.25, 0.3) is 0 Å². The Kier molecular flexibility index (Phi) is 3.51. The molecule has 1 fully saturated rings. The van der Waals surface area contributed by atoms with Crippen LogP contribution < -0.4 is 10.2 Å². The van der Waals surface area contributed by atoms with E-state index in [-0.39, 0.29) is 0 Å². The molecule has 1 aliphatic carbocycles. The van der Waals surface area contributed by atoms with E-state index in [1.807, 2.05) is 19.0 Å². The number of rotatable bonds is 4. The van der Waals surface area contributed by atoms with Gasteiger partial charge in [-0.05, 0) is 42.4 Å². The molecule has 0 bridgehead atoms. The fourth-order valence-corrected chi connectivity index (χ4v) is 2.44. The largest absolute Gasteiger partial charge is 0.369 e. The highest BCUT2D eigenvalue weighted by Crippen LogP contribution is 2.42. The molecule has 16 heavy (non-hydrogen) atoms. The second-order valence-corrected chi connectivity index (χ2v) is 5.35. The van der Waals surface area contributed by atoms with Crippen molar-refractivity contribution in [3.8, 4) is 0 Å². The van der Waals surface area contributed by atoms with Crippen molar-refractivity contribution in [2.24, 2.45) is 0 Å². The number of aromatic nitrogens is 2. The number of anilines is 2. The highest BCUT2D eigenvalue weighted by Gasteiger charge is 2.29. The van der Waals surface area contributed by atoms with Crippen LogP contribution in [-0.2, 0) is 0 Å². The summed E-state index contributed by atoms with van der Waals surface area (Å²) in [7, 11) is 3.96. The van der Waals surface area contributed by atoms with Crippen LogP contribution >= 0.6 is 22.6 Å². The van der Waals surface area contributed by atoms with Crippen LogP contribution in [-0.4, -0.2) is 30.6 Å². The lowest BCUT2D eigenvalue weighted by atomic mass is 10.3. The van der Waals surface area contributed by atoms with Gasteiger partial charge in [0.1, 0.15) is 5.82 Å². The third kappa shape index (κ3) is 2.39. The summed E-state index contributed by atoms with van der Waals surface area (Å²) in [5, 5.41) is 3.31. The topological polar surface area (TPSA) is 41.1 Å². The molecule has 1 aliphatic rings. The highest BCUT2D eigenvalue weighted by molar-refractivity contribution is 14.1. The van der Waals surface area contributed by atoms with E-state index in [0.29, 0.717) is 5.92 Å². The molecule has 0 spiro atoms. The first-order valence-corrected chi connectivity index (χ1v) is 6.70. The molecule has 1 N–H and O–H groups in total. The second-order valence-electron chi connectivity index (χ2n) is 4.27. The molecule has 1 heterocycles. The third-order valence-electron chi connectivity index (χ3n) is 2.57. The quantitative estimate of drug-likeness (QED) is 0.860. The average molecular weight is 332 g/mol. The molecule has 5 heteroatoms. The number of hydrogen-bond donors (Lipinski definition) is 1. The second kappa shape index (κ2) is 4.73. The van der Waals surface area contributed by atoms with E-state index < -0.39 is 0 Å². The predicted molar refractivity (Wildman–Crippen MR) is 75.2 cm³/mol. The maximum absolute atomic E-state index is 4.64. The van der Waals surface area contributed by atoms with Crippen molar-refractivity contribution in [3.05, 3.63) is 9.26 Å². The van der Waals surface area contributed by atoms with E-state index in [4.69, 9.17) is 0 Å². The first-order valence-electron chi connectivity index (χ1n) is 5.62. The van der Waals surface area contributed by atoms with Crippen molar-refractivity contribution in [1.29, 1.82) is 0 Å². The Labute approximate surface area is 110 Å². The van der Waals surface area contributed by atoms with Crippen LogP contribution in [0.4, 0.5) is 11.8 Å². The molecule has 1 saturated carbocycles. The predicted octanol–water partition coefficient (Wildman–Crippen LogP) is 2.46. The Hall–Kier alpha value is -0.590. The SMILES string of the molecule is CCNc1nc(N(C)C)nc(C2CC2)c1I. The van der Waals surface area contributed by atoms with Gasteiger partial charge >= 0.3 is 0 Å². The molecule has 0 unspecified atom stereocenters. The minimum atomic E-state index is 0.658. The highest BCUT2D eigenvalue weighted by atomic mass is 127. The lowest BCUT2D eigenvalue weighted by Gasteiger charge is -2.15. The molecule has 0 saturated heterocycles. The molecule has 4 nitrogen and oxygen atoms in total. The summed E-state index contributed by atoms with van der Waals surface area (Å²) in [6.45, 7) is 2.98. The van der Waals surface area contributed by atoms with Gasteiger partial charge in [-0.25, -0.2) is 4.98 Å². The zero-order valence-electron chi connectivity index (χ0n) is 9.92. The molecule has 0 aliphatic heterocycles. The van der Waals surface area contributed by atoms with Crippen molar-refractivity contribution < 1.29 is 0 Å². The molecule has 1 aromatic rings. The van der Waals surface area contributed by atoms with E-state index in [1.54, 1.807) is 0 Å². The summed E-state index contributed by atoms with van der Waals surface area (Å²) >= 11 is 2.35. The Balaban J connectivity index is 2.42. The van der Waals surface area contributed by atoms with Crippen LogP contribution in [0.15, 0.2) is 0 Å². The van der Waals surface area contributed by atoms with Gasteiger partial charge in [0.15, 0.2) is 0 Å². The monoisotopic (exact) mass is 332 g/mol. The number of hydrogen-bond acceptors (Lipinski definition) is 4. The van der Waals surface area contributed by atoms with Crippen molar-refractivity contribution in [1.82, 2.24) is 9.97 Å². The van der Waals surface area contributed by atoms with Crippen LogP contribution in [0.3, 0.4) is 0 Å². The van der Waals surface area contributed by atoms with Gasteiger partial charge < -0.3 is 10.2 Å². The number of nitrogens with one attached hydrogen (secondary N) is 1. The maximum Gasteiger partial charge on any atom is 0.227 e. The summed E-state index contributed by atoms with van der Waals surface area (Å²) in [5.74, 6) is 2.44. The molecule has 1 aromatic heterocycles. The summed E-state index contributed by atoms with van der Waals surface area (Å²) < 4.78 is 1.19. The van der Waals surface area contributed by atoms with Crippen LogP contribution in [0.1, 0.15) is 31.4 Å². The van der Waals surface area contributed by atoms with Crippen LogP contribution in [0.25, 0.3) is 0 Å². The maximum atomic E-state index is 4.64. The molecule has 0 radical (unpaired) electrons. The minimum absolute atomic E-state index is 0.658. The van der Waals surface area contributed by atoms with Gasteiger partial charge in [-0.1, -0.05) is 0 Å². The van der Waals surface area contributed by atoms with Crippen LogP contribution in [0, 0.1) is 3.57 Å². The Morgan fingerprint density at radius 1 is 1.38 bits per heavy atom. The van der Waals surface area contributed by atoms with E-state index in [2.05, 4.69) is 44.8 Å². The van der Waals surface area contributed by atoms with Gasteiger partial charge in [-0.2, -0.15) is 4.98 Å². The fraction of sp³-hybridized carbons (Fsp3) is 0.636. The number of halogens is 1. The first kappa shape index (κ1) is 11.9. The van der Waals surface area contributed by atoms with Crippen LogP contribution in [0.2, 0.25) is 0 Å². The summed E-state index contributed by atoms with van der Waals surface area (Å²) in [4.78, 5) is 11.1. The molecule has 0 atom stereocenters. The van der Waals surface area contributed by atoms with E-state index >= 15 is 0 Å². The Morgan fingerprint density at radius 2 is 2.06 bits per heavy atom. The molecule has 0 aromatic carbocycles. The molecular weight excluding hydrogens is 315 g/mol. The summed E-state index contributed by atoms with van der Waals surface area (Å²) in [6, 6.07) is 0. The Morgan fingerprint density at radius 3 is 2.56 bits per heavy atom. The molecule has 88 valence electrons. The van der Waals surface area contributed by atoms with Gasteiger partial charge in [-0.15, -0.1) is 0 Å². The van der Waals surface area contributed by atoms with Crippen molar-refractivity contribution in [2.75, 3.05) is 30.9 Å². The fourth-order valence-electron chi connectivity index (χ4n) is 1.56. The lowest BCUT2D eigenvalue weighted by Crippen LogP contribution is -2.16. The molecule has 2 rings (SSSR count). The van der Waals surface area contributed by atoms with Crippen molar-refractivity contribution in [2.45, 2.75) is 25.7 Å². The van der Waals surface area contributed by atoms with Crippen LogP contribution in [0.5, 0.6) is 0 Å². The zero-order chi connectivity index (χ0) is 11.7. The van der Waals surface area contributed by atoms with Crippen molar-refractivity contribution >= 4 is 34.4 Å². The molecular formula is C11H17IN4. The summed E-state index contributed by atoms with van der Waals surface area (Å²) in [5.41, 5.74) is 1.22. The van der Waals surface area contributed by atoms with E-state index in [9.17, 15) is 0 Å². The average Bonchev–Trinajstić information content (AvgIpc) is 3.04. The van der Waals surface area contributed by atoms with Gasteiger partial charge in [0, 0.05) is 26.6 Å². The van der Waals surface area contributed by atoms with Gasteiger partial charge in [0.05, 0.1) is 9.26 Å². The smallest absolute Gasteiger partial charge is 0.227 e. The zero-order valence-corrected chi connectivity index (χ0v) is 12.1. The van der Waals surface area contributed by atoms with Gasteiger partial charge in [0.2, 0.25) is 5.95 Å². The molecule has 0 amide bonds. The van der Waals surface area contributed by atoms with Gasteiger partial charge in [-0.3, -0.25) is 0 Å². The lowest BCUT2D eigenvalue weighted by molar-refractivity contribution is 0.920. The van der Waals surface area contributed by atoms with Crippen molar-refractivity contribution in [3.63, 3.8) is 0 Å². The first-order chi connectivity index (χ1) is 7.63. The Bertz CT molecular complexity index is 388. The van der Waals surface area contributed by atoms with E-state index in [0.717, 1.165) is 18.3 Å². The minimum Gasteiger partial charge on any atom is -0.369 e. The third-order valence-corrected chi connectivity index (χ3v) is 3.64. The standard InChI is InChI=1S/C11H17IN4/c1-4-13-10-8(12)9(7-5-6-7)14-11(15-10)16(2)3/h7H,4-6H2,1-3H3,(H,13,14,15). The van der Waals surface area contributed by atoms with E-state index in [1.165, 1.54) is 22.1 Å². The summed E-state index contributed by atoms with van der Waals surface area (Å²) in [6.07, 6.45) is 2.54.